The highest BCUT2D eigenvalue weighted by atomic mass is 35.5. The highest BCUT2D eigenvalue weighted by Gasteiger charge is 2.11. The fourth-order valence-electron chi connectivity index (χ4n) is 2.61. The topological polar surface area (TPSA) is 15.3 Å². The van der Waals surface area contributed by atoms with Crippen LogP contribution in [0, 0.1) is 6.92 Å². The molecular weight excluding hydrogens is 280 g/mol. The van der Waals surface area contributed by atoms with Gasteiger partial charge in [-0.1, -0.05) is 41.9 Å². The number of hydrogen-bond acceptors (Lipinski definition) is 2. The van der Waals surface area contributed by atoms with Crippen molar-refractivity contribution < 1.29 is 0 Å². The van der Waals surface area contributed by atoms with Crippen molar-refractivity contribution in [3.8, 4) is 0 Å². The number of nitrogens with zero attached hydrogens (tertiary/aromatic N) is 1. The van der Waals surface area contributed by atoms with E-state index in [1.165, 1.54) is 16.8 Å². The summed E-state index contributed by atoms with van der Waals surface area (Å²) >= 11 is 5.96. The lowest BCUT2D eigenvalue weighted by Gasteiger charge is -2.24. The second-order valence-corrected chi connectivity index (χ2v) is 5.83. The SMILES string of the molecule is CNC(CCN(C)c1ccccc1C)c1ccc(Cl)cc1. The lowest BCUT2D eigenvalue weighted by molar-refractivity contribution is 0.549. The predicted octanol–water partition coefficient (Wildman–Crippen LogP) is 4.44. The lowest BCUT2D eigenvalue weighted by Crippen LogP contribution is -2.25. The molecule has 0 heterocycles. The van der Waals surface area contributed by atoms with E-state index in [0.717, 1.165) is 18.0 Å². The van der Waals surface area contributed by atoms with Crippen LogP contribution in [0.5, 0.6) is 0 Å². The van der Waals surface area contributed by atoms with E-state index in [-0.39, 0.29) is 0 Å². The largest absolute Gasteiger partial charge is 0.374 e. The average molecular weight is 303 g/mol. The van der Waals surface area contributed by atoms with Crippen molar-refractivity contribution in [3.05, 3.63) is 64.7 Å². The van der Waals surface area contributed by atoms with Gasteiger partial charge in [0.25, 0.3) is 0 Å². The van der Waals surface area contributed by atoms with Crippen molar-refractivity contribution in [3.63, 3.8) is 0 Å². The van der Waals surface area contributed by atoms with Crippen LogP contribution in [0.4, 0.5) is 5.69 Å². The van der Waals surface area contributed by atoms with Crippen molar-refractivity contribution in [2.24, 2.45) is 0 Å². The molecule has 3 heteroatoms. The van der Waals surface area contributed by atoms with Gasteiger partial charge in [-0.05, 0) is 49.7 Å². The number of rotatable bonds is 6. The molecule has 0 radical (unpaired) electrons. The Morgan fingerprint density at radius 2 is 1.76 bits per heavy atom. The first-order valence-electron chi connectivity index (χ1n) is 7.31. The molecule has 112 valence electrons. The second-order valence-electron chi connectivity index (χ2n) is 5.39. The highest BCUT2D eigenvalue weighted by molar-refractivity contribution is 6.30. The molecule has 1 atom stereocenters. The minimum Gasteiger partial charge on any atom is -0.374 e. The fraction of sp³-hybridized carbons (Fsp3) is 0.333. The Hall–Kier alpha value is -1.51. The van der Waals surface area contributed by atoms with Gasteiger partial charge in [0.1, 0.15) is 0 Å². The maximum Gasteiger partial charge on any atom is 0.0406 e. The summed E-state index contributed by atoms with van der Waals surface area (Å²) in [5.74, 6) is 0. The van der Waals surface area contributed by atoms with Gasteiger partial charge in [-0.25, -0.2) is 0 Å². The van der Waals surface area contributed by atoms with Crippen molar-refractivity contribution in [2.75, 3.05) is 25.5 Å². The minimum absolute atomic E-state index is 0.341. The van der Waals surface area contributed by atoms with Gasteiger partial charge in [-0.2, -0.15) is 0 Å². The van der Waals surface area contributed by atoms with E-state index < -0.39 is 0 Å². The van der Waals surface area contributed by atoms with E-state index in [1.54, 1.807) is 0 Å². The first-order valence-corrected chi connectivity index (χ1v) is 7.69. The molecule has 0 spiro atoms. The molecular formula is C18H23ClN2. The normalized spacial score (nSPS) is 12.2. The molecule has 0 aliphatic heterocycles. The third kappa shape index (κ3) is 4.23. The van der Waals surface area contributed by atoms with Crippen LogP contribution in [0.3, 0.4) is 0 Å². The van der Waals surface area contributed by atoms with Crippen molar-refractivity contribution >= 4 is 17.3 Å². The monoisotopic (exact) mass is 302 g/mol. The number of hydrogen-bond donors (Lipinski definition) is 1. The molecule has 0 amide bonds. The molecule has 2 rings (SSSR count). The van der Waals surface area contributed by atoms with Gasteiger partial charge in [0.2, 0.25) is 0 Å². The number of nitrogens with one attached hydrogen (secondary N) is 1. The van der Waals surface area contributed by atoms with Crippen molar-refractivity contribution in [1.29, 1.82) is 0 Å². The van der Waals surface area contributed by atoms with Crippen LogP contribution in [-0.2, 0) is 0 Å². The average Bonchev–Trinajstić information content (AvgIpc) is 2.49. The summed E-state index contributed by atoms with van der Waals surface area (Å²) in [5.41, 5.74) is 3.89. The van der Waals surface area contributed by atoms with Gasteiger partial charge in [0.15, 0.2) is 0 Å². The van der Waals surface area contributed by atoms with Gasteiger partial charge >= 0.3 is 0 Å². The summed E-state index contributed by atoms with van der Waals surface area (Å²) < 4.78 is 0. The number of para-hydroxylation sites is 1. The third-order valence-electron chi connectivity index (χ3n) is 3.90. The summed E-state index contributed by atoms with van der Waals surface area (Å²) in [6.45, 7) is 3.15. The molecule has 0 saturated carbocycles. The van der Waals surface area contributed by atoms with Crippen LogP contribution in [-0.4, -0.2) is 20.6 Å². The third-order valence-corrected chi connectivity index (χ3v) is 4.15. The summed E-state index contributed by atoms with van der Waals surface area (Å²) in [5, 5.41) is 4.17. The highest BCUT2D eigenvalue weighted by Crippen LogP contribution is 2.22. The van der Waals surface area contributed by atoms with Crippen LogP contribution in [0.2, 0.25) is 5.02 Å². The van der Waals surface area contributed by atoms with Crippen LogP contribution < -0.4 is 10.2 Å². The second kappa shape index (κ2) is 7.48. The smallest absolute Gasteiger partial charge is 0.0406 e. The molecule has 21 heavy (non-hydrogen) atoms. The number of halogens is 1. The molecule has 2 nitrogen and oxygen atoms in total. The van der Waals surface area contributed by atoms with Gasteiger partial charge in [-0.15, -0.1) is 0 Å². The van der Waals surface area contributed by atoms with Crippen LogP contribution >= 0.6 is 11.6 Å². The Labute approximate surface area is 132 Å². The van der Waals surface area contributed by atoms with Crippen molar-refractivity contribution in [1.82, 2.24) is 5.32 Å². The zero-order valence-corrected chi connectivity index (χ0v) is 13.7. The quantitative estimate of drug-likeness (QED) is 0.849. The standard InChI is InChI=1S/C18H23ClN2/c1-14-6-4-5-7-18(14)21(3)13-12-17(20-2)15-8-10-16(19)11-9-15/h4-11,17,20H,12-13H2,1-3H3. The van der Waals surface area contributed by atoms with E-state index in [9.17, 15) is 0 Å². The zero-order chi connectivity index (χ0) is 15.2. The molecule has 1 N–H and O–H groups in total. The van der Waals surface area contributed by atoms with E-state index in [0.29, 0.717) is 6.04 Å². The van der Waals surface area contributed by atoms with Gasteiger partial charge in [0.05, 0.1) is 0 Å². The predicted molar refractivity (Wildman–Crippen MR) is 92.3 cm³/mol. The number of aryl methyl sites for hydroxylation is 1. The molecule has 0 fully saturated rings. The van der Waals surface area contributed by atoms with E-state index in [4.69, 9.17) is 11.6 Å². The number of benzene rings is 2. The summed E-state index contributed by atoms with van der Waals surface area (Å²) in [6.07, 6.45) is 1.04. The van der Waals surface area contributed by atoms with E-state index >= 15 is 0 Å². The van der Waals surface area contributed by atoms with Gasteiger partial charge < -0.3 is 10.2 Å². The summed E-state index contributed by atoms with van der Waals surface area (Å²) in [6, 6.07) is 16.9. The molecule has 0 bridgehead atoms. The fourth-order valence-corrected chi connectivity index (χ4v) is 2.73. The Morgan fingerprint density at radius 3 is 2.38 bits per heavy atom. The van der Waals surface area contributed by atoms with Crippen LogP contribution in [0.25, 0.3) is 0 Å². The van der Waals surface area contributed by atoms with Crippen LogP contribution in [0.15, 0.2) is 48.5 Å². The summed E-state index contributed by atoms with van der Waals surface area (Å²) in [7, 11) is 4.16. The van der Waals surface area contributed by atoms with Gasteiger partial charge in [0, 0.05) is 30.3 Å². The molecule has 0 aliphatic carbocycles. The maximum atomic E-state index is 5.96. The molecule has 0 aliphatic rings. The molecule has 2 aromatic rings. The Bertz CT molecular complexity index is 566. The Morgan fingerprint density at radius 1 is 1.10 bits per heavy atom. The van der Waals surface area contributed by atoms with Crippen LogP contribution in [0.1, 0.15) is 23.6 Å². The number of anilines is 1. The Kier molecular flexibility index (Phi) is 5.66. The first-order chi connectivity index (χ1) is 10.1. The summed E-state index contributed by atoms with van der Waals surface area (Å²) in [4.78, 5) is 2.32. The minimum atomic E-state index is 0.341. The molecule has 0 aromatic heterocycles. The zero-order valence-electron chi connectivity index (χ0n) is 12.9. The molecule has 1 unspecified atom stereocenters. The molecule has 2 aromatic carbocycles. The lowest BCUT2D eigenvalue weighted by atomic mass is 10.0. The molecule has 0 saturated heterocycles. The van der Waals surface area contributed by atoms with E-state index in [2.05, 4.69) is 60.6 Å². The first kappa shape index (κ1) is 15.9. The van der Waals surface area contributed by atoms with E-state index in [1.807, 2.05) is 19.2 Å². The Balaban J connectivity index is 2.00. The van der Waals surface area contributed by atoms with Crippen molar-refractivity contribution in [2.45, 2.75) is 19.4 Å². The maximum absolute atomic E-state index is 5.96. The van der Waals surface area contributed by atoms with Gasteiger partial charge in [-0.3, -0.25) is 0 Å².